The third kappa shape index (κ3) is 5.74. The summed E-state index contributed by atoms with van der Waals surface area (Å²) in [5.74, 6) is 1.08. The van der Waals surface area contributed by atoms with E-state index in [0.717, 1.165) is 24.8 Å². The molecule has 0 atom stereocenters. The molecule has 4 nitrogen and oxygen atoms in total. The average molecular weight is 304 g/mol. The van der Waals surface area contributed by atoms with E-state index >= 15 is 0 Å². The summed E-state index contributed by atoms with van der Waals surface area (Å²) in [6.45, 7) is 0. The Hall–Kier alpha value is -0.880. The Bertz CT molecular complexity index is 476. The second kappa shape index (κ2) is 7.05. The summed E-state index contributed by atoms with van der Waals surface area (Å²) in [6.07, 6.45) is 7.25. The zero-order valence-electron chi connectivity index (χ0n) is 11.0. The Kier molecular flexibility index (Phi) is 6.00. The third-order valence-corrected chi connectivity index (χ3v) is 3.42. The minimum atomic E-state index is -3.46. The predicted molar refractivity (Wildman–Crippen MR) is 79.8 cm³/mol. The molecule has 0 bridgehead atoms. The minimum absolute atomic E-state index is 0. The lowest BCUT2D eigenvalue weighted by atomic mass is 9.98. The van der Waals surface area contributed by atoms with Gasteiger partial charge in [0.15, 0.2) is 0 Å². The maximum absolute atomic E-state index is 10.9. The zero-order valence-corrected chi connectivity index (χ0v) is 12.8. The van der Waals surface area contributed by atoms with E-state index in [2.05, 4.69) is 0 Å². The first kappa shape index (κ1) is 16.2. The Morgan fingerprint density at radius 2 is 1.53 bits per heavy atom. The highest BCUT2D eigenvalue weighted by Crippen LogP contribution is 2.25. The molecule has 6 heteroatoms. The fraction of sp³-hybridized carbons (Fsp3) is 0.538. The van der Waals surface area contributed by atoms with Gasteiger partial charge in [0.25, 0.3) is 0 Å². The first-order valence-electron chi connectivity index (χ1n) is 6.19. The van der Waals surface area contributed by atoms with Crippen LogP contribution in [0.4, 0.5) is 0 Å². The van der Waals surface area contributed by atoms with Gasteiger partial charge in [0.2, 0.25) is 0 Å². The standard InChI is InChI=1S/C13H18O4S.H2S/c1-18(14,15)17-13-9-7-12(8-10-13)16-11-5-3-2-4-6-11;/h7-11H,2-6H2,1H3;1H2. The van der Waals surface area contributed by atoms with Gasteiger partial charge in [0.05, 0.1) is 12.4 Å². The van der Waals surface area contributed by atoms with Gasteiger partial charge in [-0.25, -0.2) is 0 Å². The first-order chi connectivity index (χ1) is 8.53. The summed E-state index contributed by atoms with van der Waals surface area (Å²) < 4.78 is 32.5. The summed E-state index contributed by atoms with van der Waals surface area (Å²) >= 11 is 0. The van der Waals surface area contributed by atoms with E-state index in [9.17, 15) is 8.42 Å². The summed E-state index contributed by atoms with van der Waals surface area (Å²) in [7, 11) is -3.46. The van der Waals surface area contributed by atoms with Crippen LogP contribution in [-0.4, -0.2) is 20.8 Å². The SMILES string of the molecule is CS(=O)(=O)Oc1ccc(OC2CCCCC2)cc1.S. The molecule has 0 aromatic heterocycles. The Morgan fingerprint density at radius 3 is 2.05 bits per heavy atom. The monoisotopic (exact) mass is 304 g/mol. The second-order valence-electron chi connectivity index (χ2n) is 4.64. The number of hydrogen-bond donors (Lipinski definition) is 0. The second-order valence-corrected chi connectivity index (χ2v) is 6.21. The molecule has 0 radical (unpaired) electrons. The predicted octanol–water partition coefficient (Wildman–Crippen LogP) is 2.85. The molecule has 108 valence electrons. The average Bonchev–Trinajstić information content (AvgIpc) is 2.31. The zero-order chi connectivity index (χ0) is 13.0. The topological polar surface area (TPSA) is 52.6 Å². The van der Waals surface area contributed by atoms with Crippen LogP contribution in [0.25, 0.3) is 0 Å². The molecule has 0 aliphatic heterocycles. The van der Waals surface area contributed by atoms with Gasteiger partial charge >= 0.3 is 10.1 Å². The summed E-state index contributed by atoms with van der Waals surface area (Å²) in [5.41, 5.74) is 0. The van der Waals surface area contributed by atoms with Crippen LogP contribution in [0.2, 0.25) is 0 Å². The van der Waals surface area contributed by atoms with Crippen molar-refractivity contribution < 1.29 is 17.3 Å². The Balaban J connectivity index is 0.00000180. The lowest BCUT2D eigenvalue weighted by Gasteiger charge is -2.22. The molecule has 0 unspecified atom stereocenters. The fourth-order valence-corrected chi connectivity index (χ4v) is 2.58. The van der Waals surface area contributed by atoms with Gasteiger partial charge in [0, 0.05) is 0 Å². The molecule has 0 amide bonds. The lowest BCUT2D eigenvalue weighted by molar-refractivity contribution is 0.155. The maximum Gasteiger partial charge on any atom is 0.306 e. The van der Waals surface area contributed by atoms with Crippen LogP contribution in [0.3, 0.4) is 0 Å². The van der Waals surface area contributed by atoms with Crippen molar-refractivity contribution in [3.63, 3.8) is 0 Å². The maximum atomic E-state index is 10.9. The summed E-state index contributed by atoms with van der Waals surface area (Å²) in [6, 6.07) is 6.71. The highest BCUT2D eigenvalue weighted by molar-refractivity contribution is 7.86. The normalized spacial score (nSPS) is 16.5. The highest BCUT2D eigenvalue weighted by atomic mass is 32.2. The molecule has 1 fully saturated rings. The molecule has 0 spiro atoms. The molecule has 19 heavy (non-hydrogen) atoms. The van der Waals surface area contributed by atoms with E-state index in [-0.39, 0.29) is 13.5 Å². The molecular weight excluding hydrogens is 284 g/mol. The van der Waals surface area contributed by atoms with Crippen molar-refractivity contribution in [2.45, 2.75) is 38.2 Å². The van der Waals surface area contributed by atoms with E-state index in [1.807, 2.05) is 0 Å². The molecule has 1 aromatic carbocycles. The largest absolute Gasteiger partial charge is 0.490 e. The molecule has 2 rings (SSSR count). The van der Waals surface area contributed by atoms with Crippen LogP contribution in [0.1, 0.15) is 32.1 Å². The van der Waals surface area contributed by atoms with Crippen LogP contribution >= 0.6 is 13.5 Å². The molecule has 0 N–H and O–H groups in total. The van der Waals surface area contributed by atoms with Crippen molar-refractivity contribution in [3.8, 4) is 11.5 Å². The number of rotatable bonds is 4. The molecule has 1 aliphatic rings. The lowest BCUT2D eigenvalue weighted by Crippen LogP contribution is -2.19. The van der Waals surface area contributed by atoms with Gasteiger partial charge in [-0.2, -0.15) is 21.9 Å². The van der Waals surface area contributed by atoms with E-state index in [1.165, 1.54) is 19.3 Å². The quantitative estimate of drug-likeness (QED) is 0.803. The molecular formula is C13H20O4S2. The molecule has 0 heterocycles. The number of hydrogen-bond acceptors (Lipinski definition) is 4. The minimum Gasteiger partial charge on any atom is -0.490 e. The molecule has 0 saturated heterocycles. The Morgan fingerprint density at radius 1 is 1.00 bits per heavy atom. The molecule has 1 saturated carbocycles. The van der Waals surface area contributed by atoms with Crippen LogP contribution in [0, 0.1) is 0 Å². The van der Waals surface area contributed by atoms with Crippen molar-refractivity contribution in [2.75, 3.05) is 6.26 Å². The first-order valence-corrected chi connectivity index (χ1v) is 8.01. The number of benzene rings is 1. The van der Waals surface area contributed by atoms with E-state index < -0.39 is 10.1 Å². The van der Waals surface area contributed by atoms with Crippen LogP contribution in [0.15, 0.2) is 24.3 Å². The van der Waals surface area contributed by atoms with E-state index in [0.29, 0.717) is 11.9 Å². The number of ether oxygens (including phenoxy) is 1. The summed E-state index contributed by atoms with van der Waals surface area (Å²) in [5, 5.41) is 0. The van der Waals surface area contributed by atoms with Gasteiger partial charge in [0.1, 0.15) is 11.5 Å². The highest BCUT2D eigenvalue weighted by Gasteiger charge is 2.14. The van der Waals surface area contributed by atoms with Crippen molar-refractivity contribution >= 4 is 23.6 Å². The Labute approximate surface area is 121 Å². The van der Waals surface area contributed by atoms with Crippen molar-refractivity contribution in [1.29, 1.82) is 0 Å². The molecule has 1 aliphatic carbocycles. The van der Waals surface area contributed by atoms with E-state index in [1.54, 1.807) is 24.3 Å². The van der Waals surface area contributed by atoms with Crippen molar-refractivity contribution in [3.05, 3.63) is 24.3 Å². The van der Waals surface area contributed by atoms with Crippen LogP contribution in [-0.2, 0) is 10.1 Å². The third-order valence-electron chi connectivity index (χ3n) is 2.93. The smallest absolute Gasteiger partial charge is 0.306 e. The van der Waals surface area contributed by atoms with E-state index in [4.69, 9.17) is 8.92 Å². The van der Waals surface area contributed by atoms with Gasteiger partial charge < -0.3 is 8.92 Å². The van der Waals surface area contributed by atoms with Crippen molar-refractivity contribution in [1.82, 2.24) is 0 Å². The van der Waals surface area contributed by atoms with Gasteiger partial charge in [-0.15, -0.1) is 0 Å². The van der Waals surface area contributed by atoms with Crippen LogP contribution < -0.4 is 8.92 Å². The van der Waals surface area contributed by atoms with Gasteiger partial charge in [-0.3, -0.25) is 0 Å². The van der Waals surface area contributed by atoms with Gasteiger partial charge in [-0.1, -0.05) is 6.42 Å². The summed E-state index contributed by atoms with van der Waals surface area (Å²) in [4.78, 5) is 0. The fourth-order valence-electron chi connectivity index (χ4n) is 2.12. The van der Waals surface area contributed by atoms with Crippen molar-refractivity contribution in [2.24, 2.45) is 0 Å². The van der Waals surface area contributed by atoms with Crippen LogP contribution in [0.5, 0.6) is 11.5 Å². The molecule has 1 aromatic rings. The van der Waals surface area contributed by atoms with Gasteiger partial charge in [-0.05, 0) is 49.9 Å².